The predicted octanol–water partition coefficient (Wildman–Crippen LogP) is 2.88. The Bertz CT molecular complexity index is 1220. The van der Waals surface area contributed by atoms with Crippen LogP contribution in [0.5, 0.6) is 0 Å². The molecule has 26 heavy (non-hydrogen) atoms. The summed E-state index contributed by atoms with van der Waals surface area (Å²) >= 11 is 1.53. The topological polar surface area (TPSA) is 90.6 Å². The average Bonchev–Trinajstić information content (AvgIpc) is 3.33. The Morgan fingerprint density at radius 1 is 1.27 bits per heavy atom. The van der Waals surface area contributed by atoms with Crippen molar-refractivity contribution in [2.45, 2.75) is 25.8 Å². The Balaban J connectivity index is 1.40. The number of benzene rings is 1. The number of nitrogens with zero attached hydrogens (tertiary/aromatic N) is 1. The Morgan fingerprint density at radius 3 is 3.12 bits per heavy atom. The van der Waals surface area contributed by atoms with Gasteiger partial charge in [-0.1, -0.05) is 6.07 Å². The van der Waals surface area contributed by atoms with Gasteiger partial charge in [-0.2, -0.15) is 0 Å². The highest BCUT2D eigenvalue weighted by molar-refractivity contribution is 7.18. The number of hydrogen-bond acceptors (Lipinski definition) is 4. The van der Waals surface area contributed by atoms with E-state index < -0.39 is 0 Å². The Kier molecular flexibility index (Phi) is 3.43. The number of aromatic amines is 2. The molecule has 0 saturated heterocycles. The third-order valence-corrected chi connectivity index (χ3v) is 6.05. The van der Waals surface area contributed by atoms with E-state index in [2.05, 4.69) is 20.3 Å². The van der Waals surface area contributed by atoms with Crippen LogP contribution < -0.4 is 10.9 Å². The lowest BCUT2D eigenvalue weighted by Crippen LogP contribution is -2.27. The van der Waals surface area contributed by atoms with Crippen LogP contribution in [0.4, 0.5) is 0 Å². The van der Waals surface area contributed by atoms with Gasteiger partial charge in [0, 0.05) is 23.1 Å². The predicted molar refractivity (Wildman–Crippen MR) is 102 cm³/mol. The third-order valence-electron chi connectivity index (χ3n) is 4.86. The largest absolute Gasteiger partial charge is 0.361 e. The summed E-state index contributed by atoms with van der Waals surface area (Å²) in [4.78, 5) is 37.0. The molecule has 0 bridgehead atoms. The lowest BCUT2D eigenvalue weighted by atomic mass is 10.1. The molecule has 0 saturated carbocycles. The zero-order chi connectivity index (χ0) is 17.7. The fourth-order valence-corrected chi connectivity index (χ4v) is 4.85. The van der Waals surface area contributed by atoms with E-state index in [1.807, 2.05) is 30.5 Å². The maximum atomic E-state index is 12.5. The zero-order valence-electron chi connectivity index (χ0n) is 13.9. The Hall–Kier alpha value is -2.93. The van der Waals surface area contributed by atoms with Gasteiger partial charge in [0.25, 0.3) is 11.5 Å². The summed E-state index contributed by atoms with van der Waals surface area (Å²) in [7, 11) is 0. The molecule has 0 radical (unpaired) electrons. The maximum absolute atomic E-state index is 12.5. The SMILES string of the molecule is O=C(NCc1ccc2[nH]ccc2c1)c1nc2sc3c(c2c(=O)[nH]1)CCC3. The number of nitrogens with one attached hydrogen (secondary N) is 3. The lowest BCUT2D eigenvalue weighted by Gasteiger charge is -2.05. The number of hydrogen-bond donors (Lipinski definition) is 3. The summed E-state index contributed by atoms with van der Waals surface area (Å²) < 4.78 is 0. The van der Waals surface area contributed by atoms with Crippen molar-refractivity contribution in [3.05, 3.63) is 62.6 Å². The van der Waals surface area contributed by atoms with E-state index >= 15 is 0 Å². The quantitative estimate of drug-likeness (QED) is 0.522. The summed E-state index contributed by atoms with van der Waals surface area (Å²) in [6.45, 7) is 0.378. The van der Waals surface area contributed by atoms with Crippen molar-refractivity contribution in [2.24, 2.45) is 0 Å². The van der Waals surface area contributed by atoms with Crippen LogP contribution in [0.1, 0.15) is 33.0 Å². The number of fused-ring (bicyclic) bond motifs is 4. The summed E-state index contributed by atoms with van der Waals surface area (Å²) in [5.74, 6) is -0.295. The smallest absolute Gasteiger partial charge is 0.287 e. The molecular weight excluding hydrogens is 348 g/mol. The van der Waals surface area contributed by atoms with E-state index in [1.54, 1.807) is 0 Å². The molecule has 1 amide bonds. The van der Waals surface area contributed by atoms with Gasteiger partial charge in [-0.05, 0) is 54.0 Å². The second-order valence-electron chi connectivity index (χ2n) is 6.53. The number of H-pyrrole nitrogens is 2. The van der Waals surface area contributed by atoms with Crippen LogP contribution in [0.3, 0.4) is 0 Å². The van der Waals surface area contributed by atoms with Crippen molar-refractivity contribution in [3.63, 3.8) is 0 Å². The van der Waals surface area contributed by atoms with Crippen molar-refractivity contribution in [2.75, 3.05) is 0 Å². The average molecular weight is 364 g/mol. The minimum absolute atomic E-state index is 0.0742. The summed E-state index contributed by atoms with van der Waals surface area (Å²) in [5.41, 5.74) is 2.95. The van der Waals surface area contributed by atoms with Crippen LogP contribution >= 0.6 is 11.3 Å². The summed E-state index contributed by atoms with van der Waals surface area (Å²) in [6, 6.07) is 7.96. The fraction of sp³-hybridized carbons (Fsp3) is 0.211. The normalized spacial score (nSPS) is 13.4. The molecular formula is C19H16N4O2S. The molecule has 3 heterocycles. The van der Waals surface area contributed by atoms with E-state index in [0.29, 0.717) is 16.8 Å². The highest BCUT2D eigenvalue weighted by Crippen LogP contribution is 2.34. The molecule has 3 aromatic heterocycles. The molecule has 1 aliphatic rings. The molecule has 1 aromatic carbocycles. The Labute approximate surface area is 152 Å². The molecule has 6 nitrogen and oxygen atoms in total. The first kappa shape index (κ1) is 15.3. The van der Waals surface area contributed by atoms with Gasteiger partial charge < -0.3 is 15.3 Å². The zero-order valence-corrected chi connectivity index (χ0v) is 14.7. The number of carbonyl (C=O) groups excluding carboxylic acids is 1. The van der Waals surface area contributed by atoms with Crippen LogP contribution in [-0.4, -0.2) is 20.9 Å². The van der Waals surface area contributed by atoms with E-state index in [0.717, 1.165) is 41.3 Å². The van der Waals surface area contributed by atoms with Crippen LogP contribution in [-0.2, 0) is 19.4 Å². The van der Waals surface area contributed by atoms with E-state index in [1.165, 1.54) is 16.2 Å². The minimum atomic E-state index is -0.369. The van der Waals surface area contributed by atoms with Gasteiger partial charge in [0.1, 0.15) is 4.83 Å². The molecule has 5 rings (SSSR count). The van der Waals surface area contributed by atoms with E-state index in [-0.39, 0.29) is 17.3 Å². The summed E-state index contributed by atoms with van der Waals surface area (Å²) in [5, 5.41) is 4.60. The van der Waals surface area contributed by atoms with Gasteiger partial charge in [-0.25, -0.2) is 4.98 Å². The van der Waals surface area contributed by atoms with Gasteiger partial charge in [-0.15, -0.1) is 11.3 Å². The molecule has 0 atom stereocenters. The van der Waals surface area contributed by atoms with E-state index in [4.69, 9.17) is 0 Å². The van der Waals surface area contributed by atoms with Gasteiger partial charge in [0.2, 0.25) is 5.82 Å². The molecule has 3 N–H and O–H groups in total. The number of rotatable bonds is 3. The van der Waals surface area contributed by atoms with Crippen LogP contribution in [0, 0.1) is 0 Å². The first-order valence-corrected chi connectivity index (χ1v) is 9.39. The monoisotopic (exact) mass is 364 g/mol. The van der Waals surface area contributed by atoms with Crippen molar-refractivity contribution in [1.82, 2.24) is 20.3 Å². The second-order valence-corrected chi connectivity index (χ2v) is 7.62. The van der Waals surface area contributed by atoms with Gasteiger partial charge >= 0.3 is 0 Å². The second kappa shape index (κ2) is 5.81. The number of aryl methyl sites for hydroxylation is 2. The minimum Gasteiger partial charge on any atom is -0.361 e. The van der Waals surface area contributed by atoms with Gasteiger partial charge in [0.05, 0.1) is 5.39 Å². The lowest BCUT2D eigenvalue weighted by molar-refractivity contribution is 0.0940. The summed E-state index contributed by atoms with van der Waals surface area (Å²) in [6.07, 6.45) is 4.89. The van der Waals surface area contributed by atoms with Crippen molar-refractivity contribution < 1.29 is 4.79 Å². The van der Waals surface area contributed by atoms with Gasteiger partial charge in [-0.3, -0.25) is 9.59 Å². The van der Waals surface area contributed by atoms with Crippen molar-refractivity contribution >= 4 is 38.4 Å². The molecule has 0 fully saturated rings. The van der Waals surface area contributed by atoms with Crippen LogP contribution in [0.25, 0.3) is 21.1 Å². The fourth-order valence-electron chi connectivity index (χ4n) is 3.59. The molecule has 130 valence electrons. The number of aromatic nitrogens is 3. The Morgan fingerprint density at radius 2 is 2.19 bits per heavy atom. The molecule has 7 heteroatoms. The maximum Gasteiger partial charge on any atom is 0.287 e. The van der Waals surface area contributed by atoms with Crippen LogP contribution in [0.2, 0.25) is 0 Å². The number of thiophene rings is 1. The molecule has 0 unspecified atom stereocenters. The van der Waals surface area contributed by atoms with E-state index in [9.17, 15) is 9.59 Å². The van der Waals surface area contributed by atoms with Crippen LogP contribution in [0.15, 0.2) is 35.3 Å². The molecule has 0 aliphatic heterocycles. The number of amides is 1. The molecule has 1 aliphatic carbocycles. The number of carbonyl (C=O) groups is 1. The van der Waals surface area contributed by atoms with Gasteiger partial charge in [0.15, 0.2) is 0 Å². The highest BCUT2D eigenvalue weighted by Gasteiger charge is 2.22. The molecule has 4 aromatic rings. The third kappa shape index (κ3) is 2.43. The first-order chi connectivity index (χ1) is 12.7. The molecule has 0 spiro atoms. The standard InChI is InChI=1S/C19H16N4O2S/c24-17-15-12-2-1-3-14(12)26-19(15)23-16(22-17)18(25)21-9-10-4-5-13-11(8-10)6-7-20-13/h4-8,20H,1-3,9H2,(H,21,25)(H,22,23,24). The highest BCUT2D eigenvalue weighted by atomic mass is 32.1. The van der Waals surface area contributed by atoms with Crippen molar-refractivity contribution in [3.8, 4) is 0 Å². The van der Waals surface area contributed by atoms with Crippen molar-refractivity contribution in [1.29, 1.82) is 0 Å². The first-order valence-electron chi connectivity index (χ1n) is 8.58.